The van der Waals surface area contributed by atoms with Crippen LogP contribution in [0.1, 0.15) is 182 Å². The van der Waals surface area contributed by atoms with Crippen LogP contribution in [-0.2, 0) is 28.2 Å². The Balaban J connectivity index is 0.976. The molecule has 8 aromatic rings. The molecule has 0 amide bonds. The quantitative estimate of drug-likeness (QED) is 0.0377. The molecule has 5 heterocycles. The van der Waals surface area contributed by atoms with Gasteiger partial charge in [0.1, 0.15) is 11.0 Å². The number of rotatable bonds is 34. The molecule has 404 valence electrons. The lowest BCUT2D eigenvalue weighted by Crippen LogP contribution is -2.25. The van der Waals surface area contributed by atoms with Gasteiger partial charge in [0, 0.05) is 76.9 Å². The molecule has 8 nitrogen and oxygen atoms in total. The van der Waals surface area contributed by atoms with E-state index in [1.165, 1.54) is 222 Å². The van der Waals surface area contributed by atoms with Crippen LogP contribution in [0.4, 0.5) is 11.4 Å². The number of unbranched alkanes of at least 4 members (excludes halogenated alkanes) is 20. The van der Waals surface area contributed by atoms with Crippen molar-refractivity contribution in [3.63, 3.8) is 0 Å². The summed E-state index contributed by atoms with van der Waals surface area (Å²) in [6.45, 7) is 13.8. The zero-order valence-electron chi connectivity index (χ0n) is 47.9. The van der Waals surface area contributed by atoms with Gasteiger partial charge in [-0.05, 0) is 97.5 Å². The summed E-state index contributed by atoms with van der Waals surface area (Å²) >= 11 is 1.31. The molecule has 0 N–H and O–H groups in total. The van der Waals surface area contributed by atoms with Crippen LogP contribution in [0.15, 0.2) is 84.9 Å². The lowest BCUT2D eigenvalue weighted by atomic mass is 10.0. The van der Waals surface area contributed by atoms with Gasteiger partial charge in [0.05, 0.1) is 56.6 Å². The van der Waals surface area contributed by atoms with Crippen molar-refractivity contribution in [1.82, 2.24) is 27.0 Å². The van der Waals surface area contributed by atoms with E-state index in [-0.39, 0.29) is 0 Å². The van der Waals surface area contributed by atoms with Crippen LogP contribution in [0.25, 0.3) is 78.1 Å². The maximum absolute atomic E-state index is 4.97. The van der Waals surface area contributed by atoms with Gasteiger partial charge in [-0.25, -0.2) is 0 Å². The summed E-state index contributed by atoms with van der Waals surface area (Å²) < 4.78 is 19.4. The Hall–Kier alpha value is -5.28. The van der Waals surface area contributed by atoms with E-state index in [2.05, 4.69) is 169 Å². The Kier molecular flexibility index (Phi) is 21.0. The van der Waals surface area contributed by atoms with Crippen LogP contribution in [0.2, 0.25) is 0 Å². The van der Waals surface area contributed by atoms with Crippen molar-refractivity contribution in [2.45, 2.75) is 182 Å². The van der Waals surface area contributed by atoms with Gasteiger partial charge in [-0.15, -0.1) is 0 Å². The molecule has 0 aliphatic heterocycles. The number of hydrogen-bond donors (Lipinski definition) is 0. The summed E-state index contributed by atoms with van der Waals surface area (Å²) in [6, 6.07) is 32.8. The van der Waals surface area contributed by atoms with E-state index < -0.39 is 0 Å². The normalized spacial score (nSPS) is 11.9. The second-order valence-electron chi connectivity index (χ2n) is 22.2. The van der Waals surface area contributed by atoms with E-state index in [9.17, 15) is 0 Å². The third-order valence-corrected chi connectivity index (χ3v) is 17.2. The Labute approximate surface area is 456 Å². The fourth-order valence-corrected chi connectivity index (χ4v) is 12.5. The predicted molar refractivity (Wildman–Crippen MR) is 328 cm³/mol. The first-order valence-corrected chi connectivity index (χ1v) is 30.8. The number of nitrogens with zero attached hydrogens (tertiary/aromatic N) is 8. The van der Waals surface area contributed by atoms with Crippen molar-refractivity contribution in [3.05, 3.63) is 84.9 Å². The Bertz CT molecular complexity index is 2730. The van der Waals surface area contributed by atoms with Crippen molar-refractivity contribution >= 4 is 56.2 Å². The highest BCUT2D eigenvalue weighted by Crippen LogP contribution is 2.41. The minimum Gasteiger partial charge on any atom is -0.372 e. The van der Waals surface area contributed by atoms with E-state index in [1.807, 2.05) is 0 Å². The molecule has 75 heavy (non-hydrogen) atoms. The van der Waals surface area contributed by atoms with Gasteiger partial charge in [-0.1, -0.05) is 180 Å². The van der Waals surface area contributed by atoms with Crippen LogP contribution in [-0.4, -0.2) is 53.2 Å². The lowest BCUT2D eigenvalue weighted by Gasteiger charge is -2.25. The SMILES string of the molecule is CCCCCCCCN(CCCCCCCC)c1ccc(-c2cc3c(cc(-c4ccc(-c5cc6c(cc(-c7ccc(N(CCCCCCCC)CCCCCCCC)cc7)n6C)n5C)c5nsnc45)n3C)n2C)cc1. The zero-order chi connectivity index (χ0) is 52.5. The van der Waals surface area contributed by atoms with E-state index in [0.717, 1.165) is 59.7 Å². The summed E-state index contributed by atoms with van der Waals surface area (Å²) in [5, 5.41) is 0. The van der Waals surface area contributed by atoms with E-state index >= 15 is 0 Å². The maximum Gasteiger partial charge on any atom is 0.114 e. The van der Waals surface area contributed by atoms with Crippen molar-refractivity contribution in [1.29, 1.82) is 0 Å². The molecule has 3 aromatic carbocycles. The van der Waals surface area contributed by atoms with Gasteiger partial charge in [0.15, 0.2) is 0 Å². The average molecular weight is 1030 g/mol. The van der Waals surface area contributed by atoms with Crippen LogP contribution in [0.5, 0.6) is 0 Å². The molecule has 0 aliphatic rings. The number of benzene rings is 3. The van der Waals surface area contributed by atoms with Crippen LogP contribution < -0.4 is 9.80 Å². The first-order valence-electron chi connectivity index (χ1n) is 30.0. The molecule has 0 atom stereocenters. The highest BCUT2D eigenvalue weighted by Gasteiger charge is 2.23. The van der Waals surface area contributed by atoms with Crippen LogP contribution >= 0.6 is 11.7 Å². The second-order valence-corrected chi connectivity index (χ2v) is 22.7. The maximum atomic E-state index is 4.97. The Morgan fingerprint density at radius 3 is 0.907 bits per heavy atom. The number of aromatic nitrogens is 6. The Morgan fingerprint density at radius 2 is 0.600 bits per heavy atom. The zero-order valence-corrected chi connectivity index (χ0v) is 48.7. The molecule has 0 saturated carbocycles. The number of hydrogen-bond acceptors (Lipinski definition) is 5. The fourth-order valence-electron chi connectivity index (χ4n) is 11.9. The smallest absolute Gasteiger partial charge is 0.114 e. The summed E-state index contributed by atoms with van der Waals surface area (Å²) in [7, 11) is 8.83. The fraction of sp³-hybridized carbons (Fsp3) is 0.545. The molecule has 5 aromatic heterocycles. The number of fused-ring (bicyclic) bond motifs is 3. The molecule has 0 fully saturated rings. The second kappa shape index (κ2) is 28.2. The largest absolute Gasteiger partial charge is 0.372 e. The van der Waals surface area contributed by atoms with Gasteiger partial charge < -0.3 is 28.1 Å². The molecular weight excluding hydrogens is 937 g/mol. The topological polar surface area (TPSA) is 52.0 Å². The molecule has 0 radical (unpaired) electrons. The van der Waals surface area contributed by atoms with Crippen molar-refractivity contribution < 1.29 is 0 Å². The van der Waals surface area contributed by atoms with Gasteiger partial charge >= 0.3 is 0 Å². The van der Waals surface area contributed by atoms with Gasteiger partial charge in [0.2, 0.25) is 0 Å². The highest BCUT2D eigenvalue weighted by atomic mass is 32.1. The summed E-state index contributed by atoms with van der Waals surface area (Å²) in [4.78, 5) is 5.32. The van der Waals surface area contributed by atoms with E-state index in [0.29, 0.717) is 0 Å². The minimum atomic E-state index is 0.957. The third kappa shape index (κ3) is 13.6. The monoisotopic (exact) mass is 1030 g/mol. The van der Waals surface area contributed by atoms with Crippen molar-refractivity contribution in [2.75, 3.05) is 36.0 Å². The lowest BCUT2D eigenvalue weighted by molar-refractivity contribution is 0.575. The molecule has 8 rings (SSSR count). The molecule has 0 aliphatic carbocycles. The summed E-state index contributed by atoms with van der Waals surface area (Å²) in [6.07, 6.45) is 32.0. The molecule has 0 unspecified atom stereocenters. The highest BCUT2D eigenvalue weighted by molar-refractivity contribution is 7.00. The molecule has 0 saturated heterocycles. The molecule has 0 spiro atoms. The van der Waals surface area contributed by atoms with Gasteiger partial charge in [-0.2, -0.15) is 8.75 Å². The average Bonchev–Trinajstić information content (AvgIpc) is 4.26. The van der Waals surface area contributed by atoms with Crippen LogP contribution in [0.3, 0.4) is 0 Å². The van der Waals surface area contributed by atoms with Crippen molar-refractivity contribution in [2.24, 2.45) is 28.2 Å². The third-order valence-electron chi connectivity index (χ3n) is 16.7. The number of anilines is 2. The summed E-state index contributed by atoms with van der Waals surface area (Å²) in [5.41, 5.74) is 19.0. The predicted octanol–water partition coefficient (Wildman–Crippen LogP) is 19.1. The number of aryl methyl sites for hydroxylation is 4. The van der Waals surface area contributed by atoms with Gasteiger partial charge in [-0.3, -0.25) is 0 Å². The molecular formula is C66H94N8S. The molecule has 9 heteroatoms. The van der Waals surface area contributed by atoms with E-state index in [4.69, 9.17) is 8.75 Å². The minimum absolute atomic E-state index is 0.957. The van der Waals surface area contributed by atoms with Gasteiger partial charge in [0.25, 0.3) is 0 Å². The Morgan fingerprint density at radius 1 is 0.333 bits per heavy atom. The standard InChI is InChI=1S/C66H94N8S/c1-9-13-17-21-25-29-43-73(44-30-26-22-18-14-10-2)53-37-33-51(34-38-53)57-47-61-63(69(57)5)49-59(71(61)7)55-41-42-56(66-65(55)67-75-68-66)60-50-64-62(72(60)8)48-58(70(64)6)52-35-39-54(40-36-52)74(45-31-27-23-19-15-11-3)46-32-28-24-20-16-12-4/h33-42,47-50H,9-32,43-46H2,1-8H3. The van der Waals surface area contributed by atoms with Crippen molar-refractivity contribution in [3.8, 4) is 45.0 Å². The molecule has 0 bridgehead atoms. The first-order chi connectivity index (χ1) is 36.8. The van der Waals surface area contributed by atoms with Crippen LogP contribution in [0, 0.1) is 0 Å². The first kappa shape index (κ1) is 55.9. The summed E-state index contributed by atoms with van der Waals surface area (Å²) in [5.74, 6) is 0. The van der Waals surface area contributed by atoms with E-state index in [1.54, 1.807) is 0 Å².